The maximum Gasteiger partial charge on any atom is 0.462 e. The molecule has 2 heterocycles. The van der Waals surface area contributed by atoms with Crippen molar-refractivity contribution in [1.82, 2.24) is 9.78 Å². The van der Waals surface area contributed by atoms with Crippen LogP contribution in [0.3, 0.4) is 0 Å². The van der Waals surface area contributed by atoms with Crippen LogP contribution < -0.4 is 9.47 Å². The van der Waals surface area contributed by atoms with E-state index in [1.165, 1.54) is 12.3 Å². The molecule has 0 amide bonds. The number of rotatable bonds is 9. The van der Waals surface area contributed by atoms with Crippen LogP contribution in [-0.4, -0.2) is 34.9 Å². The highest BCUT2D eigenvalue weighted by atomic mass is 35.5. The minimum Gasteiger partial charge on any atom is -0.484 e. The molecule has 0 spiro atoms. The molecule has 0 aliphatic heterocycles. The molecule has 0 unspecified atom stereocenters. The van der Waals surface area contributed by atoms with E-state index in [-0.39, 0.29) is 40.9 Å². The van der Waals surface area contributed by atoms with Gasteiger partial charge in [-0.2, -0.15) is 22.7 Å². The molecular weight excluding hydrogens is 514 g/mol. The zero-order valence-electron chi connectivity index (χ0n) is 17.4. The number of hydrogen-bond donors (Lipinski definition) is 0. The lowest BCUT2D eigenvalue weighted by atomic mass is 10.1. The normalized spacial score (nSPS) is 11.7. The number of halogens is 7. The molecular formula is C20H15Cl2F5N2O5. The first-order valence-corrected chi connectivity index (χ1v) is 10.1. The Morgan fingerprint density at radius 3 is 2.65 bits per heavy atom. The van der Waals surface area contributed by atoms with Crippen molar-refractivity contribution in [2.24, 2.45) is 7.05 Å². The molecule has 3 rings (SSSR count). The maximum absolute atomic E-state index is 14.6. The molecule has 0 saturated carbocycles. The summed E-state index contributed by atoms with van der Waals surface area (Å²) in [5, 5.41) is 2.96. The molecule has 1 aromatic carbocycles. The van der Waals surface area contributed by atoms with Crippen molar-refractivity contribution in [2.75, 3.05) is 6.61 Å². The second kappa shape index (κ2) is 10.1. The molecule has 0 saturated heterocycles. The Morgan fingerprint density at radius 1 is 1.29 bits per heavy atom. The maximum atomic E-state index is 14.6. The van der Waals surface area contributed by atoms with Crippen molar-refractivity contribution >= 4 is 29.2 Å². The first kappa shape index (κ1) is 25.6. The van der Waals surface area contributed by atoms with Gasteiger partial charge >= 0.3 is 18.5 Å². The van der Waals surface area contributed by atoms with Gasteiger partial charge < -0.3 is 18.6 Å². The predicted molar refractivity (Wildman–Crippen MR) is 109 cm³/mol. The monoisotopic (exact) mass is 528 g/mol. The second-order valence-electron chi connectivity index (χ2n) is 6.58. The first-order chi connectivity index (χ1) is 16.0. The minimum absolute atomic E-state index is 0.0983. The Balaban J connectivity index is 1.91. The van der Waals surface area contributed by atoms with Gasteiger partial charge in [-0.1, -0.05) is 23.2 Å². The molecule has 0 radical (unpaired) electrons. The average Bonchev–Trinajstić information content (AvgIpc) is 3.33. The van der Waals surface area contributed by atoms with E-state index in [0.717, 1.165) is 19.2 Å². The zero-order valence-corrected chi connectivity index (χ0v) is 18.9. The fraction of sp³-hybridized carbons (Fsp3) is 0.300. The molecule has 0 bridgehead atoms. The molecule has 0 N–H and O–H groups in total. The van der Waals surface area contributed by atoms with E-state index in [1.54, 1.807) is 6.92 Å². The van der Waals surface area contributed by atoms with Crippen LogP contribution in [0.4, 0.5) is 22.0 Å². The van der Waals surface area contributed by atoms with E-state index >= 15 is 0 Å². The standard InChI is InChI=1S/C20H15Cl2F5N2O5/c1-3-31-18(30)9-4-5-32-14(9)8-33-13-6-10(12(23)7-11(13)21)16-15(22)17(29(2)28-16)34-20(26,27)19(24)25/h4-7,19H,3,8H2,1-2H3. The van der Waals surface area contributed by atoms with E-state index in [1.807, 2.05) is 0 Å². The summed E-state index contributed by atoms with van der Waals surface area (Å²) in [6.45, 7) is 1.45. The number of alkyl halides is 4. The van der Waals surface area contributed by atoms with Gasteiger partial charge in [0.2, 0.25) is 5.88 Å². The van der Waals surface area contributed by atoms with E-state index in [9.17, 15) is 26.7 Å². The van der Waals surface area contributed by atoms with Crippen LogP contribution in [-0.2, 0) is 18.4 Å². The summed E-state index contributed by atoms with van der Waals surface area (Å²) in [4.78, 5) is 12.0. The third-order valence-corrected chi connectivity index (χ3v) is 4.94. The summed E-state index contributed by atoms with van der Waals surface area (Å²) >= 11 is 12.0. The number of carbonyl (C=O) groups excluding carboxylic acids is 1. The molecule has 0 aliphatic carbocycles. The van der Waals surface area contributed by atoms with Crippen molar-refractivity contribution in [3.63, 3.8) is 0 Å². The largest absolute Gasteiger partial charge is 0.484 e. The van der Waals surface area contributed by atoms with Crippen LogP contribution in [0.1, 0.15) is 23.0 Å². The van der Waals surface area contributed by atoms with Crippen LogP contribution in [0.15, 0.2) is 28.9 Å². The Hall–Kier alpha value is -2.99. The third-order valence-electron chi connectivity index (χ3n) is 4.30. The molecule has 0 fully saturated rings. The highest BCUT2D eigenvalue weighted by molar-refractivity contribution is 6.34. The summed E-state index contributed by atoms with van der Waals surface area (Å²) in [5.41, 5.74) is -0.636. The van der Waals surface area contributed by atoms with Crippen LogP contribution in [0.2, 0.25) is 10.0 Å². The van der Waals surface area contributed by atoms with Crippen molar-refractivity contribution in [3.05, 3.63) is 51.6 Å². The number of nitrogens with zero attached hydrogens (tertiary/aromatic N) is 2. The van der Waals surface area contributed by atoms with E-state index in [2.05, 4.69) is 9.84 Å². The van der Waals surface area contributed by atoms with E-state index in [0.29, 0.717) is 4.68 Å². The van der Waals surface area contributed by atoms with E-state index in [4.69, 9.17) is 37.1 Å². The summed E-state index contributed by atoms with van der Waals surface area (Å²) in [6, 6.07) is 3.28. The van der Waals surface area contributed by atoms with Gasteiger partial charge in [0.25, 0.3) is 0 Å². The quantitative estimate of drug-likeness (QED) is 0.246. The van der Waals surface area contributed by atoms with Gasteiger partial charge in [0.15, 0.2) is 5.76 Å². The molecule has 2 aromatic heterocycles. The molecule has 0 atom stereocenters. The van der Waals surface area contributed by atoms with Gasteiger partial charge in [0, 0.05) is 12.6 Å². The number of aromatic nitrogens is 2. The summed E-state index contributed by atoms with van der Waals surface area (Å²) in [7, 11) is 1.09. The van der Waals surface area contributed by atoms with Gasteiger partial charge in [-0.15, -0.1) is 0 Å². The second-order valence-corrected chi connectivity index (χ2v) is 7.37. The smallest absolute Gasteiger partial charge is 0.462 e. The SMILES string of the molecule is CCOC(=O)c1ccoc1COc1cc(-c2nn(C)c(OC(F)(F)C(F)F)c2Cl)c(F)cc1Cl. The molecule has 184 valence electrons. The van der Waals surface area contributed by atoms with Gasteiger partial charge in [0.1, 0.15) is 34.5 Å². The summed E-state index contributed by atoms with van der Waals surface area (Å²) < 4.78 is 86.6. The minimum atomic E-state index is -4.86. The van der Waals surface area contributed by atoms with Crippen LogP contribution in [0.25, 0.3) is 11.3 Å². The fourth-order valence-electron chi connectivity index (χ4n) is 2.75. The zero-order chi connectivity index (χ0) is 25.2. The van der Waals surface area contributed by atoms with E-state index < -0.39 is 40.9 Å². The van der Waals surface area contributed by atoms with Gasteiger partial charge in [-0.3, -0.25) is 0 Å². The molecule has 7 nitrogen and oxygen atoms in total. The van der Waals surface area contributed by atoms with Crippen molar-refractivity contribution in [2.45, 2.75) is 26.1 Å². The molecule has 0 aliphatic rings. The lowest BCUT2D eigenvalue weighted by Gasteiger charge is -2.16. The number of aryl methyl sites for hydroxylation is 1. The average molecular weight is 529 g/mol. The number of esters is 1. The number of furan rings is 1. The molecule has 34 heavy (non-hydrogen) atoms. The summed E-state index contributed by atoms with van der Waals surface area (Å²) in [5.74, 6) is -2.52. The Labute approximate surface area is 198 Å². The topological polar surface area (TPSA) is 75.7 Å². The molecule has 14 heteroatoms. The highest BCUT2D eigenvalue weighted by Gasteiger charge is 2.45. The van der Waals surface area contributed by atoms with Crippen molar-refractivity contribution in [3.8, 4) is 22.9 Å². The Kier molecular flexibility index (Phi) is 7.61. The highest BCUT2D eigenvalue weighted by Crippen LogP contribution is 2.41. The lowest BCUT2D eigenvalue weighted by molar-refractivity contribution is -0.255. The van der Waals surface area contributed by atoms with Crippen LogP contribution in [0.5, 0.6) is 11.6 Å². The third kappa shape index (κ3) is 5.22. The lowest BCUT2D eigenvalue weighted by Crippen LogP contribution is -2.34. The van der Waals surface area contributed by atoms with Crippen molar-refractivity contribution < 1.29 is 45.4 Å². The molecule has 3 aromatic rings. The van der Waals surface area contributed by atoms with Crippen LogP contribution >= 0.6 is 23.2 Å². The Morgan fingerprint density at radius 2 is 2.00 bits per heavy atom. The number of hydrogen-bond acceptors (Lipinski definition) is 6. The van der Waals surface area contributed by atoms with Gasteiger partial charge in [0.05, 0.1) is 17.9 Å². The summed E-state index contributed by atoms with van der Waals surface area (Å²) in [6.07, 6.45) is -7.76. The van der Waals surface area contributed by atoms with Crippen molar-refractivity contribution in [1.29, 1.82) is 0 Å². The van der Waals surface area contributed by atoms with Crippen LogP contribution in [0, 0.1) is 5.82 Å². The number of ether oxygens (including phenoxy) is 3. The first-order valence-electron chi connectivity index (χ1n) is 9.39. The number of benzene rings is 1. The predicted octanol–water partition coefficient (Wildman–Crippen LogP) is 6.12. The number of carbonyl (C=O) groups is 1. The van der Waals surface area contributed by atoms with Gasteiger partial charge in [-0.25, -0.2) is 13.9 Å². The van der Waals surface area contributed by atoms with Gasteiger partial charge in [-0.05, 0) is 25.1 Å². The Bertz CT molecular complexity index is 1200. The fourth-order valence-corrected chi connectivity index (χ4v) is 3.25.